The van der Waals surface area contributed by atoms with Gasteiger partial charge in [-0.1, -0.05) is 6.92 Å². The van der Waals surface area contributed by atoms with Crippen molar-refractivity contribution in [2.24, 2.45) is 0 Å². The Morgan fingerprint density at radius 3 is 2.53 bits per heavy atom. The number of phenolic OH excluding ortho intramolecular Hbond substituents is 1. The topological polar surface area (TPSA) is 43.8 Å². The Bertz CT molecular complexity index is 483. The van der Waals surface area contributed by atoms with Gasteiger partial charge in [0.05, 0.1) is 11.3 Å². The minimum Gasteiger partial charge on any atom is -0.505 e. The molecule has 1 aliphatic rings. The van der Waals surface area contributed by atoms with Crippen LogP contribution in [0, 0.1) is 5.82 Å². The number of ketones is 1. The van der Waals surface area contributed by atoms with Gasteiger partial charge in [-0.3, -0.25) is 4.79 Å². The molecule has 1 aromatic carbocycles. The lowest BCUT2D eigenvalue weighted by molar-refractivity contribution is 0.0985. The van der Waals surface area contributed by atoms with E-state index in [1.807, 2.05) is 11.9 Å². The van der Waals surface area contributed by atoms with Crippen molar-refractivity contribution < 1.29 is 14.3 Å². The molecule has 1 N–H and O–H groups in total. The fourth-order valence-electron chi connectivity index (χ4n) is 2.28. The van der Waals surface area contributed by atoms with Gasteiger partial charge < -0.3 is 14.9 Å². The van der Waals surface area contributed by atoms with E-state index in [0.29, 0.717) is 18.8 Å². The van der Waals surface area contributed by atoms with Crippen molar-refractivity contribution in [1.29, 1.82) is 0 Å². The number of anilines is 1. The predicted molar refractivity (Wildman–Crippen MR) is 72.4 cm³/mol. The van der Waals surface area contributed by atoms with E-state index in [2.05, 4.69) is 4.90 Å². The van der Waals surface area contributed by atoms with E-state index in [9.17, 15) is 14.3 Å². The Balaban J connectivity index is 2.35. The molecule has 0 amide bonds. The zero-order chi connectivity index (χ0) is 14.0. The highest BCUT2D eigenvalue weighted by Gasteiger charge is 2.21. The van der Waals surface area contributed by atoms with Crippen molar-refractivity contribution in [3.05, 3.63) is 23.5 Å². The van der Waals surface area contributed by atoms with Gasteiger partial charge in [-0.05, 0) is 13.1 Å². The minimum atomic E-state index is -0.483. The number of phenols is 1. The van der Waals surface area contributed by atoms with Gasteiger partial charge in [-0.2, -0.15) is 0 Å². The third-order valence-electron chi connectivity index (χ3n) is 3.52. The van der Waals surface area contributed by atoms with E-state index >= 15 is 0 Å². The Morgan fingerprint density at radius 1 is 1.32 bits per heavy atom. The van der Waals surface area contributed by atoms with Crippen LogP contribution in [-0.4, -0.2) is 49.0 Å². The molecule has 0 atom stereocenters. The molecule has 1 heterocycles. The zero-order valence-electron chi connectivity index (χ0n) is 11.3. The smallest absolute Gasteiger partial charge is 0.166 e. The number of hydrogen-bond donors (Lipinski definition) is 1. The number of hydrogen-bond acceptors (Lipinski definition) is 4. The number of halogens is 1. The quantitative estimate of drug-likeness (QED) is 0.848. The first-order valence-corrected chi connectivity index (χ1v) is 6.52. The van der Waals surface area contributed by atoms with E-state index < -0.39 is 5.82 Å². The van der Waals surface area contributed by atoms with Gasteiger partial charge in [0, 0.05) is 38.7 Å². The molecular formula is C14H19FN2O2. The highest BCUT2D eigenvalue weighted by atomic mass is 19.1. The maximum Gasteiger partial charge on any atom is 0.166 e. The van der Waals surface area contributed by atoms with Crippen LogP contribution in [0.3, 0.4) is 0 Å². The lowest BCUT2D eigenvalue weighted by Crippen LogP contribution is -2.44. The predicted octanol–water partition coefficient (Wildman–Crippen LogP) is 1.88. The van der Waals surface area contributed by atoms with Crippen LogP contribution < -0.4 is 4.90 Å². The van der Waals surface area contributed by atoms with Gasteiger partial charge in [-0.15, -0.1) is 0 Å². The van der Waals surface area contributed by atoms with E-state index in [-0.39, 0.29) is 23.5 Å². The Hall–Kier alpha value is -1.62. The fraction of sp³-hybridized carbons (Fsp3) is 0.500. The summed E-state index contributed by atoms with van der Waals surface area (Å²) in [5.74, 6) is -0.825. The van der Waals surface area contributed by atoms with Gasteiger partial charge in [-0.25, -0.2) is 4.39 Å². The Labute approximate surface area is 112 Å². The molecule has 0 spiro atoms. The van der Waals surface area contributed by atoms with E-state index in [0.717, 1.165) is 19.2 Å². The molecule has 104 valence electrons. The highest BCUT2D eigenvalue weighted by molar-refractivity contribution is 6.00. The molecule has 0 unspecified atom stereocenters. The average molecular weight is 266 g/mol. The molecule has 19 heavy (non-hydrogen) atoms. The normalized spacial score (nSPS) is 16.7. The summed E-state index contributed by atoms with van der Waals surface area (Å²) in [6.45, 7) is 4.84. The van der Waals surface area contributed by atoms with Crippen molar-refractivity contribution in [1.82, 2.24) is 4.90 Å². The number of carbonyl (C=O) groups is 1. The Kier molecular flexibility index (Phi) is 4.04. The van der Waals surface area contributed by atoms with Crippen LogP contribution in [-0.2, 0) is 0 Å². The number of benzene rings is 1. The summed E-state index contributed by atoms with van der Waals surface area (Å²) in [7, 11) is 2.02. The van der Waals surface area contributed by atoms with Crippen LogP contribution in [0.5, 0.6) is 5.75 Å². The summed E-state index contributed by atoms with van der Waals surface area (Å²) in [6, 6.07) is 2.41. The van der Waals surface area contributed by atoms with Crippen LogP contribution in [0.15, 0.2) is 12.1 Å². The van der Waals surface area contributed by atoms with Crippen molar-refractivity contribution >= 4 is 11.5 Å². The number of piperazine rings is 1. The second-order valence-electron chi connectivity index (χ2n) is 4.89. The molecule has 0 aromatic heterocycles. The summed E-state index contributed by atoms with van der Waals surface area (Å²) < 4.78 is 13.6. The third kappa shape index (κ3) is 2.87. The monoisotopic (exact) mass is 266 g/mol. The van der Waals surface area contributed by atoms with Gasteiger partial charge in [0.25, 0.3) is 0 Å². The summed E-state index contributed by atoms with van der Waals surface area (Å²) in [5, 5.41) is 10.2. The average Bonchev–Trinajstić information content (AvgIpc) is 2.41. The molecule has 0 aliphatic carbocycles. The standard InChI is InChI=1S/C14H19FN2O2/c1-3-13(18)11-8-10(15)9-12(14(11)19)17-6-4-16(2)5-7-17/h8-9,19H,3-7H2,1-2H3. The lowest BCUT2D eigenvalue weighted by Gasteiger charge is -2.34. The Morgan fingerprint density at radius 2 is 1.95 bits per heavy atom. The second-order valence-corrected chi connectivity index (χ2v) is 4.89. The largest absolute Gasteiger partial charge is 0.505 e. The van der Waals surface area contributed by atoms with Crippen LogP contribution >= 0.6 is 0 Å². The maximum atomic E-state index is 13.6. The second kappa shape index (κ2) is 5.57. The summed E-state index contributed by atoms with van der Waals surface area (Å²) in [5.41, 5.74) is 0.501. The molecule has 2 rings (SSSR count). The van der Waals surface area contributed by atoms with Crippen molar-refractivity contribution in [3.63, 3.8) is 0 Å². The lowest BCUT2D eigenvalue weighted by atomic mass is 10.1. The summed E-state index contributed by atoms with van der Waals surface area (Å²) in [4.78, 5) is 15.8. The molecular weight excluding hydrogens is 247 g/mol. The highest BCUT2D eigenvalue weighted by Crippen LogP contribution is 2.33. The number of carbonyl (C=O) groups excluding carboxylic acids is 1. The number of Topliss-reactive ketones (excluding diaryl/α,β-unsaturated/α-hetero) is 1. The van der Waals surface area contributed by atoms with Crippen LogP contribution in [0.1, 0.15) is 23.7 Å². The zero-order valence-corrected chi connectivity index (χ0v) is 11.3. The number of rotatable bonds is 3. The van der Waals surface area contributed by atoms with Crippen molar-refractivity contribution in [3.8, 4) is 5.75 Å². The van der Waals surface area contributed by atoms with Crippen molar-refractivity contribution in [2.45, 2.75) is 13.3 Å². The van der Waals surface area contributed by atoms with Gasteiger partial charge in [0.1, 0.15) is 11.6 Å². The number of nitrogens with zero attached hydrogens (tertiary/aromatic N) is 2. The fourth-order valence-corrected chi connectivity index (χ4v) is 2.28. The summed E-state index contributed by atoms with van der Waals surface area (Å²) in [6.07, 6.45) is 0.249. The molecule has 0 saturated carbocycles. The molecule has 0 bridgehead atoms. The summed E-state index contributed by atoms with van der Waals surface area (Å²) >= 11 is 0. The number of aromatic hydroxyl groups is 1. The van der Waals surface area contributed by atoms with Crippen molar-refractivity contribution in [2.75, 3.05) is 38.1 Å². The molecule has 5 heteroatoms. The van der Waals surface area contributed by atoms with Gasteiger partial charge in [0.15, 0.2) is 5.78 Å². The van der Waals surface area contributed by atoms with E-state index in [1.54, 1.807) is 6.92 Å². The van der Waals surface area contributed by atoms with Crippen LogP contribution in [0.4, 0.5) is 10.1 Å². The molecule has 1 aliphatic heterocycles. The first-order valence-electron chi connectivity index (χ1n) is 6.52. The SMILES string of the molecule is CCC(=O)c1cc(F)cc(N2CCN(C)CC2)c1O. The number of likely N-dealkylation sites (N-methyl/N-ethyl adjacent to an activating group) is 1. The molecule has 0 radical (unpaired) electrons. The maximum absolute atomic E-state index is 13.6. The van der Waals surface area contributed by atoms with Crippen LogP contribution in [0.2, 0.25) is 0 Å². The third-order valence-corrected chi connectivity index (χ3v) is 3.52. The van der Waals surface area contributed by atoms with E-state index in [4.69, 9.17) is 0 Å². The molecule has 1 saturated heterocycles. The first-order chi connectivity index (χ1) is 9.02. The van der Waals surface area contributed by atoms with Crippen LogP contribution in [0.25, 0.3) is 0 Å². The molecule has 4 nitrogen and oxygen atoms in total. The van der Waals surface area contributed by atoms with E-state index in [1.165, 1.54) is 6.07 Å². The first kappa shape index (κ1) is 13.8. The molecule has 1 fully saturated rings. The van der Waals surface area contributed by atoms with Gasteiger partial charge in [0.2, 0.25) is 0 Å². The van der Waals surface area contributed by atoms with Gasteiger partial charge >= 0.3 is 0 Å². The minimum absolute atomic E-state index is 0.0800. The molecule has 1 aromatic rings.